The highest BCUT2D eigenvalue weighted by molar-refractivity contribution is 6.00. The second kappa shape index (κ2) is 9.24. The number of nitrogens with zero attached hydrogens (tertiary/aromatic N) is 3. The van der Waals surface area contributed by atoms with E-state index in [2.05, 4.69) is 72.4 Å². The van der Waals surface area contributed by atoms with Gasteiger partial charge in [0.2, 0.25) is 0 Å². The van der Waals surface area contributed by atoms with E-state index >= 15 is 0 Å². The lowest BCUT2D eigenvalue weighted by Gasteiger charge is -2.19. The number of phenols is 1. The van der Waals surface area contributed by atoms with Crippen molar-refractivity contribution >= 4 is 23.0 Å². The van der Waals surface area contributed by atoms with Gasteiger partial charge in [-0.05, 0) is 46.9 Å². The number of benzene rings is 3. The Hall–Kier alpha value is -4.37. The number of fused-ring (bicyclic) bond motifs is 1. The molecular formula is C28H26N4O2. The van der Waals surface area contributed by atoms with Gasteiger partial charge in [-0.15, -0.1) is 0 Å². The van der Waals surface area contributed by atoms with E-state index in [4.69, 9.17) is 5.26 Å². The lowest BCUT2D eigenvalue weighted by Crippen LogP contribution is -2.17. The zero-order valence-corrected chi connectivity index (χ0v) is 19.4. The zero-order chi connectivity index (χ0) is 24.3. The number of phenolic OH excluding ortho intramolecular Hbond substituents is 1. The molecule has 4 aromatic rings. The summed E-state index contributed by atoms with van der Waals surface area (Å²) in [6, 6.07) is 22.7. The Morgan fingerprint density at radius 1 is 1.12 bits per heavy atom. The summed E-state index contributed by atoms with van der Waals surface area (Å²) in [7, 11) is 0. The first-order chi connectivity index (χ1) is 16.3. The summed E-state index contributed by atoms with van der Waals surface area (Å²) in [5, 5.41) is 23.7. The van der Waals surface area contributed by atoms with E-state index in [1.165, 1.54) is 29.3 Å². The minimum Gasteiger partial charge on any atom is -0.507 e. The van der Waals surface area contributed by atoms with Crippen molar-refractivity contribution in [1.29, 1.82) is 5.26 Å². The largest absolute Gasteiger partial charge is 0.507 e. The Morgan fingerprint density at radius 2 is 1.88 bits per heavy atom. The highest BCUT2D eigenvalue weighted by Crippen LogP contribution is 2.24. The van der Waals surface area contributed by atoms with Gasteiger partial charge in [0, 0.05) is 34.8 Å². The molecule has 2 N–H and O–H groups in total. The first kappa shape index (κ1) is 22.8. The van der Waals surface area contributed by atoms with E-state index in [-0.39, 0.29) is 22.3 Å². The quantitative estimate of drug-likeness (QED) is 0.318. The molecule has 170 valence electrons. The molecule has 0 atom stereocenters. The average molecular weight is 451 g/mol. The number of rotatable bonds is 5. The number of nitriles is 1. The van der Waals surface area contributed by atoms with Gasteiger partial charge in [0.15, 0.2) is 0 Å². The Labute approximate surface area is 198 Å². The van der Waals surface area contributed by atoms with Crippen LogP contribution in [0.15, 0.2) is 78.0 Å². The molecule has 0 radical (unpaired) electrons. The van der Waals surface area contributed by atoms with Crippen molar-refractivity contribution in [2.75, 3.05) is 0 Å². The molecule has 0 spiro atoms. The van der Waals surface area contributed by atoms with E-state index in [9.17, 15) is 9.90 Å². The van der Waals surface area contributed by atoms with Crippen LogP contribution in [0, 0.1) is 11.3 Å². The Morgan fingerprint density at radius 3 is 2.59 bits per heavy atom. The number of amides is 1. The maximum Gasteiger partial charge on any atom is 0.271 e. The van der Waals surface area contributed by atoms with Crippen LogP contribution in [0.4, 0.5) is 0 Å². The van der Waals surface area contributed by atoms with Crippen LogP contribution in [0.1, 0.15) is 53.4 Å². The standard InChI is InChI=1S/C28H26N4O2/c1-28(2,3)23-10-7-19(8-11-23)18-32-14-13-24-21(5-4-6-25(24)32)17-30-31-27(34)20-9-12-26(33)22(15-20)16-29/h4-15,17,33H,18H2,1-3H3,(H,31,34). The molecule has 0 aliphatic heterocycles. The second-order valence-electron chi connectivity index (χ2n) is 9.21. The molecule has 4 rings (SSSR count). The average Bonchev–Trinajstić information content (AvgIpc) is 3.22. The molecule has 0 aliphatic rings. The molecule has 0 aliphatic carbocycles. The van der Waals surface area contributed by atoms with Crippen LogP contribution >= 0.6 is 0 Å². The molecule has 0 saturated carbocycles. The molecule has 0 saturated heterocycles. The van der Waals surface area contributed by atoms with Gasteiger partial charge in [-0.2, -0.15) is 10.4 Å². The van der Waals surface area contributed by atoms with Crippen LogP contribution in [-0.4, -0.2) is 21.8 Å². The van der Waals surface area contributed by atoms with Crippen molar-refractivity contribution in [2.45, 2.75) is 32.7 Å². The topological polar surface area (TPSA) is 90.4 Å². The van der Waals surface area contributed by atoms with Crippen LogP contribution in [0.25, 0.3) is 10.9 Å². The number of aromatic hydroxyl groups is 1. The Bertz CT molecular complexity index is 1420. The van der Waals surface area contributed by atoms with Gasteiger partial charge in [0.25, 0.3) is 5.91 Å². The van der Waals surface area contributed by atoms with E-state index < -0.39 is 5.91 Å². The first-order valence-electron chi connectivity index (χ1n) is 11.0. The summed E-state index contributed by atoms with van der Waals surface area (Å²) in [6.45, 7) is 7.39. The van der Waals surface area contributed by atoms with Gasteiger partial charge in [0.1, 0.15) is 11.8 Å². The number of carbonyl (C=O) groups excluding carboxylic acids is 1. The van der Waals surface area contributed by atoms with Gasteiger partial charge >= 0.3 is 0 Å². The Balaban J connectivity index is 1.50. The summed E-state index contributed by atoms with van der Waals surface area (Å²) in [5.41, 5.74) is 7.38. The highest BCUT2D eigenvalue weighted by atomic mass is 16.3. The number of aromatic nitrogens is 1. The molecule has 0 bridgehead atoms. The minimum atomic E-state index is -0.462. The van der Waals surface area contributed by atoms with Gasteiger partial charge in [-0.3, -0.25) is 4.79 Å². The molecule has 6 heteroatoms. The summed E-state index contributed by atoms with van der Waals surface area (Å²) < 4.78 is 2.19. The summed E-state index contributed by atoms with van der Waals surface area (Å²) in [6.07, 6.45) is 3.66. The Kier molecular flexibility index (Phi) is 6.20. The molecule has 1 amide bonds. The lowest BCUT2D eigenvalue weighted by atomic mass is 9.87. The predicted octanol–water partition coefficient (Wildman–Crippen LogP) is 5.33. The third-order valence-electron chi connectivity index (χ3n) is 5.77. The van der Waals surface area contributed by atoms with Gasteiger partial charge < -0.3 is 9.67 Å². The maximum atomic E-state index is 12.4. The van der Waals surface area contributed by atoms with Crippen LogP contribution < -0.4 is 5.43 Å². The predicted molar refractivity (Wildman–Crippen MR) is 134 cm³/mol. The van der Waals surface area contributed by atoms with Gasteiger partial charge in [-0.1, -0.05) is 57.2 Å². The fourth-order valence-electron chi connectivity index (χ4n) is 3.80. The van der Waals surface area contributed by atoms with Crippen molar-refractivity contribution in [3.05, 3.63) is 101 Å². The summed E-state index contributed by atoms with van der Waals surface area (Å²) in [4.78, 5) is 12.4. The first-order valence-corrected chi connectivity index (χ1v) is 11.0. The number of hydrogen-bond acceptors (Lipinski definition) is 4. The maximum absolute atomic E-state index is 12.4. The molecule has 1 heterocycles. The number of hydrazone groups is 1. The third kappa shape index (κ3) is 4.84. The minimum absolute atomic E-state index is 0.0378. The molecule has 6 nitrogen and oxygen atoms in total. The van der Waals surface area contributed by atoms with E-state index in [0.717, 1.165) is 23.0 Å². The normalized spacial score (nSPS) is 11.6. The van der Waals surface area contributed by atoms with Crippen molar-refractivity contribution in [1.82, 2.24) is 9.99 Å². The number of carbonyl (C=O) groups is 1. The highest BCUT2D eigenvalue weighted by Gasteiger charge is 2.13. The van der Waals surface area contributed by atoms with E-state index in [1.807, 2.05) is 24.3 Å². The SMILES string of the molecule is CC(C)(C)c1ccc(Cn2ccc3c(C=NNC(=O)c4ccc(O)c(C#N)c4)cccc32)cc1. The van der Waals surface area contributed by atoms with Crippen LogP contribution in [0.3, 0.4) is 0 Å². The van der Waals surface area contributed by atoms with Crippen LogP contribution in [-0.2, 0) is 12.0 Å². The molecule has 0 unspecified atom stereocenters. The van der Waals surface area contributed by atoms with E-state index in [0.29, 0.717) is 0 Å². The van der Waals surface area contributed by atoms with Gasteiger partial charge in [0.05, 0.1) is 11.8 Å². The lowest BCUT2D eigenvalue weighted by molar-refractivity contribution is 0.0955. The fraction of sp³-hybridized carbons (Fsp3) is 0.179. The van der Waals surface area contributed by atoms with Crippen molar-refractivity contribution in [3.8, 4) is 11.8 Å². The molecule has 0 fully saturated rings. The number of nitrogens with one attached hydrogen (secondary N) is 1. The monoisotopic (exact) mass is 450 g/mol. The zero-order valence-electron chi connectivity index (χ0n) is 19.4. The summed E-state index contributed by atoms with van der Waals surface area (Å²) >= 11 is 0. The summed E-state index contributed by atoms with van der Waals surface area (Å²) in [5.74, 6) is -0.625. The molecular weight excluding hydrogens is 424 g/mol. The molecule has 1 aromatic heterocycles. The molecule has 34 heavy (non-hydrogen) atoms. The molecule has 3 aromatic carbocycles. The third-order valence-corrected chi connectivity index (χ3v) is 5.77. The van der Waals surface area contributed by atoms with Gasteiger partial charge in [-0.25, -0.2) is 5.43 Å². The van der Waals surface area contributed by atoms with Crippen LogP contribution in [0.2, 0.25) is 0 Å². The number of hydrogen-bond donors (Lipinski definition) is 2. The smallest absolute Gasteiger partial charge is 0.271 e. The second-order valence-corrected chi connectivity index (χ2v) is 9.21. The van der Waals surface area contributed by atoms with Crippen molar-refractivity contribution in [3.63, 3.8) is 0 Å². The van der Waals surface area contributed by atoms with Crippen LogP contribution in [0.5, 0.6) is 5.75 Å². The van der Waals surface area contributed by atoms with E-state index in [1.54, 1.807) is 6.21 Å². The van der Waals surface area contributed by atoms with Crippen molar-refractivity contribution < 1.29 is 9.90 Å². The van der Waals surface area contributed by atoms with Crippen molar-refractivity contribution in [2.24, 2.45) is 5.10 Å². The fourth-order valence-corrected chi connectivity index (χ4v) is 3.80.